The van der Waals surface area contributed by atoms with E-state index in [2.05, 4.69) is 24.3 Å². The molecule has 2 heterocycles. The van der Waals surface area contributed by atoms with Crippen LogP contribution in [0.2, 0.25) is 0 Å². The van der Waals surface area contributed by atoms with Crippen LogP contribution in [0.1, 0.15) is 66.7 Å². The number of ether oxygens (including phenoxy) is 1. The maximum Gasteiger partial charge on any atom is 0.349 e. The van der Waals surface area contributed by atoms with E-state index in [1.165, 1.54) is 21.8 Å². The lowest BCUT2D eigenvalue weighted by Gasteiger charge is -2.16. The zero-order valence-electron chi connectivity index (χ0n) is 16.3. The Morgan fingerprint density at radius 3 is 2.96 bits per heavy atom. The minimum absolute atomic E-state index is 0.174. The number of nitrogens with one attached hydrogen (secondary N) is 1. The molecular weight excluding hydrogens is 362 g/mol. The van der Waals surface area contributed by atoms with Gasteiger partial charge >= 0.3 is 5.97 Å². The normalized spacial score (nSPS) is 18.4. The Labute approximate surface area is 163 Å². The van der Waals surface area contributed by atoms with Gasteiger partial charge in [-0.25, -0.2) is 9.48 Å². The Balaban J connectivity index is 1.61. The summed E-state index contributed by atoms with van der Waals surface area (Å²) in [6, 6.07) is 3.85. The Kier molecular flexibility index (Phi) is 5.99. The van der Waals surface area contributed by atoms with Crippen molar-refractivity contribution in [1.82, 2.24) is 9.78 Å². The Bertz CT molecular complexity index is 826. The summed E-state index contributed by atoms with van der Waals surface area (Å²) in [5.41, 5.74) is 1.25. The van der Waals surface area contributed by atoms with E-state index in [0.29, 0.717) is 16.6 Å². The van der Waals surface area contributed by atoms with Crippen LogP contribution in [0, 0.1) is 5.92 Å². The van der Waals surface area contributed by atoms with Crippen molar-refractivity contribution in [1.29, 1.82) is 0 Å². The molecule has 1 N–H and O–H groups in total. The van der Waals surface area contributed by atoms with E-state index in [1.807, 2.05) is 13.0 Å². The molecular formula is C20H27N3O3S. The molecule has 3 rings (SSSR count). The van der Waals surface area contributed by atoms with Crippen molar-refractivity contribution in [3.63, 3.8) is 0 Å². The predicted octanol–water partition coefficient (Wildman–Crippen LogP) is 4.22. The number of rotatable bonds is 6. The summed E-state index contributed by atoms with van der Waals surface area (Å²) in [6.45, 7) is 7.91. The smallest absolute Gasteiger partial charge is 0.349 e. The molecule has 3 atom stereocenters. The molecule has 2 aromatic heterocycles. The molecule has 0 saturated carbocycles. The van der Waals surface area contributed by atoms with Crippen molar-refractivity contribution in [2.24, 2.45) is 5.92 Å². The summed E-state index contributed by atoms with van der Waals surface area (Å²) in [5.74, 6) is 0.470. The number of hydrogen-bond donors (Lipinski definition) is 1. The van der Waals surface area contributed by atoms with Crippen LogP contribution in [0.5, 0.6) is 0 Å². The van der Waals surface area contributed by atoms with E-state index >= 15 is 0 Å². The molecule has 0 bridgehead atoms. The molecule has 7 heteroatoms. The molecule has 1 aliphatic rings. The van der Waals surface area contributed by atoms with Crippen LogP contribution >= 0.6 is 11.3 Å². The summed E-state index contributed by atoms with van der Waals surface area (Å²) in [5, 5.41) is 7.05. The number of hydrogen-bond acceptors (Lipinski definition) is 5. The Morgan fingerprint density at radius 2 is 2.22 bits per heavy atom. The highest BCUT2D eigenvalue weighted by Crippen LogP contribution is 2.32. The Hall–Kier alpha value is -2.15. The highest BCUT2D eigenvalue weighted by atomic mass is 32.1. The lowest BCUT2D eigenvalue weighted by atomic mass is 9.90. The zero-order valence-corrected chi connectivity index (χ0v) is 17.1. The third-order valence-corrected chi connectivity index (χ3v) is 6.33. The van der Waals surface area contributed by atoms with Crippen LogP contribution < -0.4 is 5.32 Å². The van der Waals surface area contributed by atoms with Crippen LogP contribution in [-0.4, -0.2) is 27.8 Å². The number of anilines is 1. The first-order valence-corrected chi connectivity index (χ1v) is 10.4. The maximum absolute atomic E-state index is 12.5. The van der Waals surface area contributed by atoms with Crippen molar-refractivity contribution in [3.05, 3.63) is 33.6 Å². The van der Waals surface area contributed by atoms with Gasteiger partial charge in [-0.1, -0.05) is 13.8 Å². The fraction of sp³-hybridized carbons (Fsp3) is 0.550. The minimum atomic E-state index is -0.879. The van der Waals surface area contributed by atoms with Gasteiger partial charge in [0.2, 0.25) is 0 Å². The largest absolute Gasteiger partial charge is 0.448 e. The van der Waals surface area contributed by atoms with Crippen LogP contribution in [0.25, 0.3) is 0 Å². The standard InChI is InChI=1S/C20H27N3O3S/c1-5-13(3)23-18(8-9-21-23)22-19(24)14(4)26-20(25)17-11-15-10-12(2)6-7-16(15)27-17/h8-9,11-14H,5-7,10H2,1-4H3,(H,22,24)/t12-,13-,14+/m0/s1. The highest BCUT2D eigenvalue weighted by Gasteiger charge is 2.25. The number of fused-ring (bicyclic) bond motifs is 1. The number of aryl methyl sites for hydroxylation is 1. The summed E-state index contributed by atoms with van der Waals surface area (Å²) in [7, 11) is 0. The number of nitrogens with zero attached hydrogens (tertiary/aromatic N) is 2. The van der Waals surface area contributed by atoms with Crippen LogP contribution in [-0.2, 0) is 22.4 Å². The van der Waals surface area contributed by atoms with Crippen LogP contribution in [0.3, 0.4) is 0 Å². The zero-order chi connectivity index (χ0) is 19.6. The minimum Gasteiger partial charge on any atom is -0.448 e. The van der Waals surface area contributed by atoms with E-state index < -0.39 is 12.1 Å². The summed E-state index contributed by atoms with van der Waals surface area (Å²) < 4.78 is 7.17. The molecule has 1 aliphatic carbocycles. The molecule has 0 spiro atoms. The summed E-state index contributed by atoms with van der Waals surface area (Å²) in [6.07, 6.45) is 4.85. The van der Waals surface area contributed by atoms with Gasteiger partial charge in [-0.3, -0.25) is 4.79 Å². The van der Waals surface area contributed by atoms with E-state index in [-0.39, 0.29) is 11.9 Å². The Morgan fingerprint density at radius 1 is 1.44 bits per heavy atom. The second kappa shape index (κ2) is 8.25. The van der Waals surface area contributed by atoms with Gasteiger partial charge in [-0.15, -0.1) is 11.3 Å². The number of carbonyl (C=O) groups is 2. The summed E-state index contributed by atoms with van der Waals surface area (Å²) in [4.78, 5) is 26.8. The molecule has 6 nitrogen and oxygen atoms in total. The molecule has 2 aromatic rings. The highest BCUT2D eigenvalue weighted by molar-refractivity contribution is 7.14. The van der Waals surface area contributed by atoms with Gasteiger partial charge in [-0.2, -0.15) is 5.10 Å². The number of esters is 1. The molecule has 1 amide bonds. The second-order valence-electron chi connectivity index (χ2n) is 7.36. The van der Waals surface area contributed by atoms with E-state index in [9.17, 15) is 9.59 Å². The average molecular weight is 390 g/mol. The first-order chi connectivity index (χ1) is 12.9. The van der Waals surface area contributed by atoms with Gasteiger partial charge in [0.05, 0.1) is 12.2 Å². The molecule has 0 aromatic carbocycles. The third-order valence-electron chi connectivity index (χ3n) is 5.11. The van der Waals surface area contributed by atoms with Gasteiger partial charge in [0, 0.05) is 10.9 Å². The topological polar surface area (TPSA) is 73.2 Å². The quantitative estimate of drug-likeness (QED) is 0.751. The van der Waals surface area contributed by atoms with Gasteiger partial charge in [0.15, 0.2) is 6.10 Å². The van der Waals surface area contributed by atoms with Crippen molar-refractivity contribution in [2.75, 3.05) is 5.32 Å². The lowest BCUT2D eigenvalue weighted by molar-refractivity contribution is -0.123. The fourth-order valence-electron chi connectivity index (χ4n) is 3.24. The van der Waals surface area contributed by atoms with E-state index in [4.69, 9.17) is 4.74 Å². The van der Waals surface area contributed by atoms with Gasteiger partial charge in [0.25, 0.3) is 5.91 Å². The van der Waals surface area contributed by atoms with Crippen molar-refractivity contribution < 1.29 is 14.3 Å². The predicted molar refractivity (Wildman–Crippen MR) is 106 cm³/mol. The number of carbonyl (C=O) groups excluding carboxylic acids is 2. The molecule has 0 aliphatic heterocycles. The van der Waals surface area contributed by atoms with Crippen molar-refractivity contribution in [2.45, 2.75) is 65.5 Å². The number of aromatic nitrogens is 2. The molecule has 0 fully saturated rings. The fourth-order valence-corrected chi connectivity index (χ4v) is 4.34. The molecule has 146 valence electrons. The second-order valence-corrected chi connectivity index (χ2v) is 8.50. The van der Waals surface area contributed by atoms with E-state index in [1.54, 1.807) is 23.9 Å². The van der Waals surface area contributed by atoms with Gasteiger partial charge in [0.1, 0.15) is 10.7 Å². The number of amides is 1. The first kappa shape index (κ1) is 19.6. The van der Waals surface area contributed by atoms with Crippen molar-refractivity contribution >= 4 is 29.0 Å². The first-order valence-electron chi connectivity index (χ1n) is 9.56. The SMILES string of the molecule is CC[C@H](C)n1nccc1NC(=O)[C@@H](C)OC(=O)c1cc2c(s1)CC[C@H](C)C2. The lowest BCUT2D eigenvalue weighted by Crippen LogP contribution is -2.31. The van der Waals surface area contributed by atoms with E-state index in [0.717, 1.165) is 25.7 Å². The molecule has 27 heavy (non-hydrogen) atoms. The third kappa shape index (κ3) is 4.40. The molecule has 0 unspecified atom stereocenters. The average Bonchev–Trinajstić information content (AvgIpc) is 3.27. The maximum atomic E-state index is 12.5. The monoisotopic (exact) mass is 389 g/mol. The molecule has 0 radical (unpaired) electrons. The van der Waals surface area contributed by atoms with Crippen LogP contribution in [0.15, 0.2) is 18.3 Å². The van der Waals surface area contributed by atoms with Crippen molar-refractivity contribution in [3.8, 4) is 0 Å². The summed E-state index contributed by atoms with van der Waals surface area (Å²) >= 11 is 1.49. The van der Waals surface area contributed by atoms with Crippen LogP contribution in [0.4, 0.5) is 5.82 Å². The van der Waals surface area contributed by atoms with Gasteiger partial charge < -0.3 is 10.1 Å². The number of thiophene rings is 1. The van der Waals surface area contributed by atoms with Gasteiger partial charge in [-0.05, 0) is 57.1 Å². The molecule has 0 saturated heterocycles.